The zero-order valence-electron chi connectivity index (χ0n) is 13.3. The van der Waals surface area contributed by atoms with Crippen LogP contribution in [0.15, 0.2) is 30.3 Å². The zero-order chi connectivity index (χ0) is 15.9. The van der Waals surface area contributed by atoms with Crippen LogP contribution in [0.5, 0.6) is 0 Å². The average molecular weight is 304 g/mol. The Morgan fingerprint density at radius 3 is 2.36 bits per heavy atom. The van der Waals surface area contributed by atoms with Crippen molar-refractivity contribution >= 4 is 11.9 Å². The van der Waals surface area contributed by atoms with E-state index in [1.54, 1.807) is 11.8 Å². The zero-order valence-corrected chi connectivity index (χ0v) is 13.3. The van der Waals surface area contributed by atoms with E-state index < -0.39 is 11.9 Å². The average Bonchev–Trinajstić information content (AvgIpc) is 2.54. The molecule has 0 N–H and O–H groups in total. The molecule has 1 saturated heterocycles. The summed E-state index contributed by atoms with van der Waals surface area (Å²) in [6.07, 6.45) is 0.394. The minimum Gasteiger partial charge on any atom is -0.465 e. The summed E-state index contributed by atoms with van der Waals surface area (Å²) in [5.41, 5.74) is 0.975. The van der Waals surface area contributed by atoms with Gasteiger partial charge in [0.15, 0.2) is 0 Å². The molecule has 1 aliphatic heterocycles. The number of hydrogen-bond donors (Lipinski definition) is 0. The molecule has 1 aromatic carbocycles. The van der Waals surface area contributed by atoms with Crippen molar-refractivity contribution in [3.8, 4) is 0 Å². The van der Waals surface area contributed by atoms with Gasteiger partial charge in [-0.05, 0) is 26.0 Å². The van der Waals surface area contributed by atoms with Gasteiger partial charge in [-0.1, -0.05) is 30.3 Å². The topological polar surface area (TPSA) is 49.9 Å². The molecule has 5 heteroatoms. The monoisotopic (exact) mass is 304 g/mol. The van der Waals surface area contributed by atoms with Gasteiger partial charge < -0.3 is 14.5 Å². The normalized spacial score (nSPS) is 17.1. The van der Waals surface area contributed by atoms with E-state index in [2.05, 4.69) is 4.90 Å². The Bertz CT molecular complexity index is 496. The van der Waals surface area contributed by atoms with Crippen molar-refractivity contribution in [2.45, 2.75) is 13.3 Å². The molecule has 1 amide bonds. The van der Waals surface area contributed by atoms with E-state index in [9.17, 15) is 9.59 Å². The highest BCUT2D eigenvalue weighted by Crippen LogP contribution is 2.15. The Labute approximate surface area is 131 Å². The van der Waals surface area contributed by atoms with Gasteiger partial charge in [0.1, 0.15) is 5.92 Å². The first-order chi connectivity index (χ1) is 10.6. The molecule has 1 heterocycles. The molecule has 1 aromatic rings. The van der Waals surface area contributed by atoms with Crippen LogP contribution in [0.4, 0.5) is 0 Å². The highest BCUT2D eigenvalue weighted by atomic mass is 16.5. The summed E-state index contributed by atoms with van der Waals surface area (Å²) >= 11 is 0. The number of ether oxygens (including phenoxy) is 1. The van der Waals surface area contributed by atoms with Crippen molar-refractivity contribution in [1.82, 2.24) is 9.80 Å². The van der Waals surface area contributed by atoms with E-state index >= 15 is 0 Å². The van der Waals surface area contributed by atoms with E-state index in [4.69, 9.17) is 4.74 Å². The molecule has 2 rings (SSSR count). The first-order valence-corrected chi connectivity index (χ1v) is 7.79. The summed E-state index contributed by atoms with van der Waals surface area (Å²) in [6.45, 7) is 5.07. The highest BCUT2D eigenvalue weighted by Gasteiger charge is 2.33. The smallest absolute Gasteiger partial charge is 0.318 e. The minimum absolute atomic E-state index is 0.115. The second-order valence-corrected chi connectivity index (χ2v) is 5.62. The number of esters is 1. The molecular formula is C17H24N2O3. The van der Waals surface area contributed by atoms with Crippen LogP contribution in [0.2, 0.25) is 0 Å². The van der Waals surface area contributed by atoms with Crippen molar-refractivity contribution < 1.29 is 14.3 Å². The van der Waals surface area contributed by atoms with E-state index in [1.165, 1.54) is 0 Å². The van der Waals surface area contributed by atoms with Crippen LogP contribution in [0.3, 0.4) is 0 Å². The van der Waals surface area contributed by atoms with Crippen LogP contribution in [0, 0.1) is 5.92 Å². The molecule has 0 radical (unpaired) electrons. The molecule has 0 spiro atoms. The number of benzene rings is 1. The maximum Gasteiger partial charge on any atom is 0.318 e. The number of piperazine rings is 1. The molecule has 1 fully saturated rings. The summed E-state index contributed by atoms with van der Waals surface area (Å²) in [4.78, 5) is 28.9. The van der Waals surface area contributed by atoms with Crippen LogP contribution in [0.25, 0.3) is 0 Å². The molecule has 0 bridgehead atoms. The van der Waals surface area contributed by atoms with Crippen molar-refractivity contribution in [1.29, 1.82) is 0 Å². The fourth-order valence-corrected chi connectivity index (χ4v) is 2.61. The summed E-state index contributed by atoms with van der Waals surface area (Å²) in [5, 5.41) is 0. The highest BCUT2D eigenvalue weighted by molar-refractivity contribution is 5.98. The van der Waals surface area contributed by atoms with Gasteiger partial charge in [0, 0.05) is 26.2 Å². The van der Waals surface area contributed by atoms with Crippen LogP contribution in [0.1, 0.15) is 12.5 Å². The predicted molar refractivity (Wildman–Crippen MR) is 84.3 cm³/mol. The summed E-state index contributed by atoms with van der Waals surface area (Å²) < 4.78 is 5.11. The fraction of sp³-hybridized carbons (Fsp3) is 0.529. The van der Waals surface area contributed by atoms with Crippen molar-refractivity contribution in [3.63, 3.8) is 0 Å². The predicted octanol–water partition coefficient (Wildman–Crippen LogP) is 1.18. The molecule has 0 aromatic heterocycles. The molecule has 0 saturated carbocycles. The third-order valence-corrected chi connectivity index (χ3v) is 3.97. The Balaban J connectivity index is 2.09. The number of rotatable bonds is 5. The summed E-state index contributed by atoms with van der Waals surface area (Å²) in [5.74, 6) is -1.28. The lowest BCUT2D eigenvalue weighted by Gasteiger charge is -2.34. The Kier molecular flexibility index (Phi) is 5.95. The molecule has 1 unspecified atom stereocenters. The second-order valence-electron chi connectivity index (χ2n) is 5.62. The first-order valence-electron chi connectivity index (χ1n) is 7.79. The number of carbonyl (C=O) groups is 2. The maximum atomic E-state index is 12.7. The van der Waals surface area contributed by atoms with Crippen molar-refractivity contribution in [2.24, 2.45) is 5.92 Å². The van der Waals surface area contributed by atoms with Gasteiger partial charge in [0.2, 0.25) is 5.91 Å². The number of amides is 1. The lowest BCUT2D eigenvalue weighted by molar-refractivity contribution is -0.156. The van der Waals surface area contributed by atoms with Gasteiger partial charge >= 0.3 is 5.97 Å². The lowest BCUT2D eigenvalue weighted by atomic mass is 9.97. The van der Waals surface area contributed by atoms with E-state index in [-0.39, 0.29) is 5.91 Å². The Morgan fingerprint density at radius 2 is 1.77 bits per heavy atom. The Morgan fingerprint density at radius 1 is 1.14 bits per heavy atom. The quantitative estimate of drug-likeness (QED) is 0.605. The molecule has 1 aliphatic rings. The van der Waals surface area contributed by atoms with Gasteiger partial charge in [-0.15, -0.1) is 0 Å². The van der Waals surface area contributed by atoms with E-state index in [0.29, 0.717) is 26.1 Å². The van der Waals surface area contributed by atoms with Gasteiger partial charge in [-0.3, -0.25) is 9.59 Å². The molecule has 5 nitrogen and oxygen atoms in total. The van der Waals surface area contributed by atoms with Crippen LogP contribution < -0.4 is 0 Å². The number of nitrogens with zero attached hydrogens (tertiary/aromatic N) is 2. The minimum atomic E-state index is -0.745. The largest absolute Gasteiger partial charge is 0.465 e. The standard InChI is InChI=1S/C17H24N2O3/c1-3-22-17(21)15(13-14-7-5-4-6-8-14)16(20)19-11-9-18(2)10-12-19/h4-8,15H,3,9-13H2,1-2H3. The lowest BCUT2D eigenvalue weighted by Crippen LogP contribution is -2.50. The molecular weight excluding hydrogens is 280 g/mol. The molecule has 1 atom stereocenters. The van der Waals surface area contributed by atoms with Crippen LogP contribution >= 0.6 is 0 Å². The van der Waals surface area contributed by atoms with Crippen molar-refractivity contribution in [3.05, 3.63) is 35.9 Å². The van der Waals surface area contributed by atoms with Crippen LogP contribution in [-0.2, 0) is 20.7 Å². The molecule has 0 aliphatic carbocycles. The van der Waals surface area contributed by atoms with E-state index in [1.807, 2.05) is 37.4 Å². The van der Waals surface area contributed by atoms with Gasteiger partial charge in [-0.25, -0.2) is 0 Å². The Hall–Kier alpha value is -1.88. The molecule has 120 valence electrons. The van der Waals surface area contributed by atoms with E-state index in [0.717, 1.165) is 18.7 Å². The first kappa shape index (κ1) is 16.5. The SMILES string of the molecule is CCOC(=O)C(Cc1ccccc1)C(=O)N1CCN(C)CC1. The van der Waals surface area contributed by atoms with Gasteiger partial charge in [0.25, 0.3) is 0 Å². The second kappa shape index (κ2) is 7.94. The maximum absolute atomic E-state index is 12.7. The number of hydrogen-bond acceptors (Lipinski definition) is 4. The summed E-state index contributed by atoms with van der Waals surface area (Å²) in [6, 6.07) is 9.62. The van der Waals surface area contributed by atoms with Crippen LogP contribution in [-0.4, -0.2) is 61.5 Å². The third kappa shape index (κ3) is 4.31. The number of likely N-dealkylation sites (N-methyl/N-ethyl adjacent to an activating group) is 1. The fourth-order valence-electron chi connectivity index (χ4n) is 2.61. The molecule has 22 heavy (non-hydrogen) atoms. The number of carbonyl (C=O) groups excluding carboxylic acids is 2. The third-order valence-electron chi connectivity index (χ3n) is 3.97. The van der Waals surface area contributed by atoms with Gasteiger partial charge in [-0.2, -0.15) is 0 Å². The van der Waals surface area contributed by atoms with Gasteiger partial charge in [0.05, 0.1) is 6.61 Å². The summed E-state index contributed by atoms with van der Waals surface area (Å²) in [7, 11) is 2.04. The van der Waals surface area contributed by atoms with Crippen molar-refractivity contribution in [2.75, 3.05) is 39.8 Å².